The molecule has 2 rings (SSSR count). The van der Waals surface area contributed by atoms with Crippen LogP contribution in [0.2, 0.25) is 0 Å². The van der Waals surface area contributed by atoms with E-state index in [1.165, 1.54) is 12.1 Å². The number of nitro groups is 1. The summed E-state index contributed by atoms with van der Waals surface area (Å²) in [5.41, 5.74) is 0.892. The highest BCUT2D eigenvalue weighted by Crippen LogP contribution is 2.18. The van der Waals surface area contributed by atoms with Crippen molar-refractivity contribution in [2.45, 2.75) is 13.1 Å². The average Bonchev–Trinajstić information content (AvgIpc) is 2.49. The van der Waals surface area contributed by atoms with Crippen molar-refractivity contribution in [2.24, 2.45) is 0 Å². The Kier molecular flexibility index (Phi) is 4.59. The largest absolute Gasteiger partial charge is 0.308 e. The second-order valence-corrected chi connectivity index (χ2v) is 4.38. The van der Waals surface area contributed by atoms with Gasteiger partial charge in [0, 0.05) is 30.3 Å². The van der Waals surface area contributed by atoms with Gasteiger partial charge in [-0.05, 0) is 6.07 Å². The Morgan fingerprint density at radius 1 is 1.14 bits per heavy atom. The highest BCUT2D eigenvalue weighted by molar-refractivity contribution is 5.40. The van der Waals surface area contributed by atoms with Crippen molar-refractivity contribution in [2.75, 3.05) is 0 Å². The first kappa shape index (κ1) is 14.6. The maximum Gasteiger partial charge on any atom is 0.273 e. The molecule has 0 aliphatic rings. The number of hydrogen-bond acceptors (Lipinski definition) is 4. The zero-order valence-electron chi connectivity index (χ0n) is 11.0. The van der Waals surface area contributed by atoms with E-state index in [2.05, 4.69) is 5.32 Å². The fourth-order valence-electron chi connectivity index (χ4n) is 1.97. The number of rotatable bonds is 5. The molecule has 5 nitrogen and oxygen atoms in total. The Morgan fingerprint density at radius 2 is 1.81 bits per heavy atom. The van der Waals surface area contributed by atoms with Crippen LogP contribution in [0, 0.1) is 27.3 Å². The summed E-state index contributed by atoms with van der Waals surface area (Å²) < 4.78 is 13.8. The van der Waals surface area contributed by atoms with Crippen LogP contribution in [0.3, 0.4) is 0 Å². The minimum absolute atomic E-state index is 0.0139. The Bertz CT molecular complexity index is 710. The average molecular weight is 285 g/mol. The third kappa shape index (κ3) is 3.41. The third-order valence-electron chi connectivity index (χ3n) is 3.02. The van der Waals surface area contributed by atoms with Crippen LogP contribution in [0.25, 0.3) is 0 Å². The quantitative estimate of drug-likeness (QED) is 0.676. The molecule has 1 N–H and O–H groups in total. The molecule has 0 amide bonds. The summed E-state index contributed by atoms with van der Waals surface area (Å²) in [6, 6.07) is 12.7. The van der Waals surface area contributed by atoms with Gasteiger partial charge in [0.25, 0.3) is 5.69 Å². The molecule has 6 heteroatoms. The van der Waals surface area contributed by atoms with E-state index in [0.29, 0.717) is 11.1 Å². The minimum Gasteiger partial charge on any atom is -0.308 e. The molecule has 0 saturated heterocycles. The number of nitrogens with zero attached hydrogens (tertiary/aromatic N) is 2. The molecular weight excluding hydrogens is 273 g/mol. The molecule has 0 aromatic heterocycles. The number of para-hydroxylation sites is 1. The van der Waals surface area contributed by atoms with E-state index in [4.69, 9.17) is 5.26 Å². The van der Waals surface area contributed by atoms with Gasteiger partial charge in [-0.25, -0.2) is 4.39 Å². The Labute approximate surface area is 120 Å². The fraction of sp³-hybridized carbons (Fsp3) is 0.133. The van der Waals surface area contributed by atoms with E-state index in [-0.39, 0.29) is 24.3 Å². The molecule has 106 valence electrons. The SMILES string of the molecule is N#Cc1cccc(CNCc2ccccc2[N+](=O)[O-])c1F. The van der Waals surface area contributed by atoms with Gasteiger partial charge in [-0.2, -0.15) is 5.26 Å². The van der Waals surface area contributed by atoms with Crippen molar-refractivity contribution in [3.8, 4) is 6.07 Å². The molecular formula is C15H12FN3O2. The predicted octanol–water partition coefficient (Wildman–Crippen LogP) is 2.90. The predicted molar refractivity (Wildman–Crippen MR) is 74.8 cm³/mol. The number of nitriles is 1. The molecule has 0 aliphatic heterocycles. The molecule has 0 radical (unpaired) electrons. The van der Waals surface area contributed by atoms with Crippen LogP contribution >= 0.6 is 0 Å². The molecule has 0 heterocycles. The lowest BCUT2D eigenvalue weighted by Crippen LogP contribution is -2.15. The molecule has 0 bridgehead atoms. The number of halogens is 1. The summed E-state index contributed by atoms with van der Waals surface area (Å²) in [5.74, 6) is -0.560. The minimum atomic E-state index is -0.560. The summed E-state index contributed by atoms with van der Waals surface area (Å²) in [6.07, 6.45) is 0. The van der Waals surface area contributed by atoms with Crippen molar-refractivity contribution < 1.29 is 9.31 Å². The molecule has 2 aromatic carbocycles. The van der Waals surface area contributed by atoms with Gasteiger partial charge in [0.05, 0.1) is 10.5 Å². The molecule has 2 aromatic rings. The first-order valence-electron chi connectivity index (χ1n) is 6.24. The van der Waals surface area contributed by atoms with E-state index in [1.807, 2.05) is 0 Å². The van der Waals surface area contributed by atoms with Gasteiger partial charge >= 0.3 is 0 Å². The molecule has 0 spiro atoms. The van der Waals surface area contributed by atoms with E-state index < -0.39 is 10.7 Å². The van der Waals surface area contributed by atoms with Gasteiger partial charge in [0.15, 0.2) is 0 Å². The normalized spacial score (nSPS) is 10.1. The molecule has 0 unspecified atom stereocenters. The summed E-state index contributed by atoms with van der Waals surface area (Å²) in [6.45, 7) is 0.431. The smallest absolute Gasteiger partial charge is 0.273 e. The van der Waals surface area contributed by atoms with Crippen LogP contribution in [0.5, 0.6) is 0 Å². The molecule has 0 atom stereocenters. The molecule has 0 saturated carbocycles. The molecule has 0 aliphatic carbocycles. The van der Waals surface area contributed by atoms with Crippen molar-refractivity contribution in [3.05, 3.63) is 75.1 Å². The Hall–Kier alpha value is -2.78. The fourth-order valence-corrected chi connectivity index (χ4v) is 1.97. The van der Waals surface area contributed by atoms with E-state index >= 15 is 0 Å². The Morgan fingerprint density at radius 3 is 2.52 bits per heavy atom. The summed E-state index contributed by atoms with van der Waals surface area (Å²) in [7, 11) is 0. The monoisotopic (exact) mass is 285 g/mol. The van der Waals surface area contributed by atoms with Crippen LogP contribution in [-0.2, 0) is 13.1 Å². The van der Waals surface area contributed by atoms with Crippen LogP contribution in [0.4, 0.5) is 10.1 Å². The van der Waals surface area contributed by atoms with E-state index in [0.717, 1.165) is 0 Å². The summed E-state index contributed by atoms with van der Waals surface area (Å²) in [5, 5.41) is 22.6. The first-order chi connectivity index (χ1) is 10.1. The van der Waals surface area contributed by atoms with Crippen molar-refractivity contribution in [1.82, 2.24) is 5.32 Å². The lowest BCUT2D eigenvalue weighted by atomic mass is 10.1. The van der Waals surface area contributed by atoms with E-state index in [1.54, 1.807) is 36.4 Å². The second kappa shape index (κ2) is 6.59. The number of nitrogens with one attached hydrogen (secondary N) is 1. The standard InChI is InChI=1S/C15H12FN3O2/c16-15-11(8-17)5-3-6-13(15)10-18-9-12-4-1-2-7-14(12)19(20)21/h1-7,18H,9-10H2. The third-order valence-corrected chi connectivity index (χ3v) is 3.02. The maximum atomic E-state index is 13.8. The maximum absolute atomic E-state index is 13.8. The summed E-state index contributed by atoms with van der Waals surface area (Å²) in [4.78, 5) is 10.4. The van der Waals surface area contributed by atoms with Gasteiger partial charge in [-0.3, -0.25) is 10.1 Å². The lowest BCUT2D eigenvalue weighted by molar-refractivity contribution is -0.385. The first-order valence-corrected chi connectivity index (χ1v) is 6.24. The molecule has 0 fully saturated rings. The topological polar surface area (TPSA) is 79.0 Å². The van der Waals surface area contributed by atoms with Crippen LogP contribution in [-0.4, -0.2) is 4.92 Å². The van der Waals surface area contributed by atoms with Gasteiger partial charge < -0.3 is 5.32 Å². The zero-order chi connectivity index (χ0) is 15.2. The van der Waals surface area contributed by atoms with Crippen LogP contribution in [0.1, 0.15) is 16.7 Å². The van der Waals surface area contributed by atoms with Crippen molar-refractivity contribution in [1.29, 1.82) is 5.26 Å². The number of nitro benzene ring substituents is 1. The second-order valence-electron chi connectivity index (χ2n) is 4.38. The lowest BCUT2D eigenvalue weighted by Gasteiger charge is -2.07. The van der Waals surface area contributed by atoms with Crippen LogP contribution in [0.15, 0.2) is 42.5 Å². The Balaban J connectivity index is 2.06. The van der Waals surface area contributed by atoms with Crippen LogP contribution < -0.4 is 5.32 Å². The highest BCUT2D eigenvalue weighted by atomic mass is 19.1. The van der Waals surface area contributed by atoms with Crippen molar-refractivity contribution >= 4 is 5.69 Å². The van der Waals surface area contributed by atoms with Gasteiger partial charge in [-0.1, -0.05) is 30.3 Å². The van der Waals surface area contributed by atoms with Gasteiger partial charge in [-0.15, -0.1) is 0 Å². The van der Waals surface area contributed by atoms with Crippen molar-refractivity contribution in [3.63, 3.8) is 0 Å². The molecule has 21 heavy (non-hydrogen) atoms. The van der Waals surface area contributed by atoms with Gasteiger partial charge in [0.2, 0.25) is 0 Å². The van der Waals surface area contributed by atoms with E-state index in [9.17, 15) is 14.5 Å². The number of hydrogen-bond donors (Lipinski definition) is 1. The zero-order valence-corrected chi connectivity index (χ0v) is 11.0. The number of benzene rings is 2. The highest BCUT2D eigenvalue weighted by Gasteiger charge is 2.12. The van der Waals surface area contributed by atoms with Gasteiger partial charge in [0.1, 0.15) is 11.9 Å². The summed E-state index contributed by atoms with van der Waals surface area (Å²) >= 11 is 0.